The molecule has 1 N–H and O–H groups in total. The molecular formula is C15H21NO2. The van der Waals surface area contributed by atoms with Crippen molar-refractivity contribution in [3.63, 3.8) is 0 Å². The summed E-state index contributed by atoms with van der Waals surface area (Å²) in [5.74, 6) is -0.837. The van der Waals surface area contributed by atoms with Gasteiger partial charge >= 0.3 is 5.97 Å². The number of carbonyl (C=O) groups is 1. The number of carboxylic acid groups (broad SMARTS) is 1. The maximum atomic E-state index is 11.0. The lowest BCUT2D eigenvalue weighted by Gasteiger charge is -2.31. The SMILES string of the molecule is CCc1ccccc1CN1CCC[C@H](C(=O)O)C1. The third-order valence-corrected chi connectivity index (χ3v) is 3.75. The fraction of sp³-hybridized carbons (Fsp3) is 0.533. The Morgan fingerprint density at radius 2 is 2.11 bits per heavy atom. The van der Waals surface area contributed by atoms with Crippen LogP contribution < -0.4 is 0 Å². The Morgan fingerprint density at radius 3 is 2.78 bits per heavy atom. The van der Waals surface area contributed by atoms with Crippen LogP contribution in [0.3, 0.4) is 0 Å². The highest BCUT2D eigenvalue weighted by Crippen LogP contribution is 2.20. The molecule has 1 aliphatic heterocycles. The number of aryl methyl sites for hydroxylation is 1. The minimum absolute atomic E-state index is 0.187. The molecule has 3 nitrogen and oxygen atoms in total. The maximum absolute atomic E-state index is 11.0. The van der Waals surface area contributed by atoms with E-state index in [9.17, 15) is 4.79 Å². The fourth-order valence-electron chi connectivity index (χ4n) is 2.70. The van der Waals surface area contributed by atoms with E-state index in [1.807, 2.05) is 0 Å². The number of rotatable bonds is 4. The van der Waals surface area contributed by atoms with Gasteiger partial charge in [0, 0.05) is 13.1 Å². The molecule has 98 valence electrons. The number of piperidine rings is 1. The van der Waals surface area contributed by atoms with Crippen LogP contribution in [0.25, 0.3) is 0 Å². The van der Waals surface area contributed by atoms with Crippen molar-refractivity contribution in [2.24, 2.45) is 5.92 Å². The molecule has 0 amide bonds. The van der Waals surface area contributed by atoms with Gasteiger partial charge in [0.2, 0.25) is 0 Å². The summed E-state index contributed by atoms with van der Waals surface area (Å²) < 4.78 is 0. The second kappa shape index (κ2) is 6.01. The molecule has 18 heavy (non-hydrogen) atoms. The molecule has 1 aromatic rings. The van der Waals surface area contributed by atoms with Crippen LogP contribution in [-0.2, 0) is 17.8 Å². The first-order valence-corrected chi connectivity index (χ1v) is 6.72. The van der Waals surface area contributed by atoms with Crippen molar-refractivity contribution < 1.29 is 9.90 Å². The lowest BCUT2D eigenvalue weighted by atomic mass is 9.97. The first-order valence-electron chi connectivity index (χ1n) is 6.72. The standard InChI is InChI=1S/C15H21NO2/c1-2-12-6-3-4-7-13(12)10-16-9-5-8-14(11-16)15(17)18/h3-4,6-7,14H,2,5,8-11H2,1H3,(H,17,18)/t14-/m0/s1. The maximum Gasteiger partial charge on any atom is 0.307 e. The van der Waals surface area contributed by atoms with Crippen LogP contribution in [0, 0.1) is 5.92 Å². The van der Waals surface area contributed by atoms with E-state index in [2.05, 4.69) is 36.1 Å². The summed E-state index contributed by atoms with van der Waals surface area (Å²) >= 11 is 0. The third kappa shape index (κ3) is 3.10. The summed E-state index contributed by atoms with van der Waals surface area (Å²) in [6.45, 7) is 4.75. The molecule has 1 heterocycles. The largest absolute Gasteiger partial charge is 0.481 e. The first kappa shape index (κ1) is 13.1. The van der Waals surface area contributed by atoms with E-state index < -0.39 is 5.97 Å². The average Bonchev–Trinajstić information content (AvgIpc) is 2.39. The van der Waals surface area contributed by atoms with Crippen LogP contribution in [0.1, 0.15) is 30.9 Å². The smallest absolute Gasteiger partial charge is 0.307 e. The van der Waals surface area contributed by atoms with E-state index in [1.54, 1.807) is 0 Å². The summed E-state index contributed by atoms with van der Waals surface area (Å²) in [4.78, 5) is 13.3. The quantitative estimate of drug-likeness (QED) is 0.889. The van der Waals surface area contributed by atoms with Gasteiger partial charge in [-0.15, -0.1) is 0 Å². The van der Waals surface area contributed by atoms with E-state index in [1.165, 1.54) is 11.1 Å². The second-order valence-electron chi connectivity index (χ2n) is 5.03. The zero-order valence-corrected chi connectivity index (χ0v) is 10.9. The molecule has 0 aliphatic carbocycles. The Bertz CT molecular complexity index is 417. The van der Waals surface area contributed by atoms with Crippen molar-refractivity contribution in [2.75, 3.05) is 13.1 Å². The van der Waals surface area contributed by atoms with Crippen LogP contribution in [0.4, 0.5) is 0 Å². The van der Waals surface area contributed by atoms with Crippen LogP contribution >= 0.6 is 0 Å². The molecule has 1 aliphatic rings. The van der Waals surface area contributed by atoms with Gasteiger partial charge in [-0.2, -0.15) is 0 Å². The van der Waals surface area contributed by atoms with Gasteiger partial charge in [-0.05, 0) is 36.9 Å². The van der Waals surface area contributed by atoms with Crippen molar-refractivity contribution in [2.45, 2.75) is 32.7 Å². The summed E-state index contributed by atoms with van der Waals surface area (Å²) in [7, 11) is 0. The number of benzene rings is 1. The van der Waals surface area contributed by atoms with Gasteiger partial charge < -0.3 is 5.11 Å². The molecule has 2 rings (SSSR count). The number of hydrogen-bond acceptors (Lipinski definition) is 2. The molecule has 1 aromatic carbocycles. The number of hydrogen-bond donors (Lipinski definition) is 1. The lowest BCUT2D eigenvalue weighted by Crippen LogP contribution is -2.38. The Labute approximate surface area is 108 Å². The van der Waals surface area contributed by atoms with Crippen molar-refractivity contribution in [1.29, 1.82) is 0 Å². The van der Waals surface area contributed by atoms with Gasteiger partial charge in [-0.1, -0.05) is 31.2 Å². The molecule has 0 bridgehead atoms. The summed E-state index contributed by atoms with van der Waals surface area (Å²) in [5.41, 5.74) is 2.71. The topological polar surface area (TPSA) is 40.5 Å². The summed E-state index contributed by atoms with van der Waals surface area (Å²) in [6.07, 6.45) is 2.85. The zero-order valence-electron chi connectivity index (χ0n) is 10.9. The van der Waals surface area contributed by atoms with Crippen LogP contribution in [0.2, 0.25) is 0 Å². The molecule has 1 fully saturated rings. The Hall–Kier alpha value is -1.35. The molecule has 0 spiro atoms. The molecule has 1 atom stereocenters. The van der Waals surface area contributed by atoms with Gasteiger partial charge in [-0.3, -0.25) is 9.69 Å². The van der Waals surface area contributed by atoms with Gasteiger partial charge in [-0.25, -0.2) is 0 Å². The highest BCUT2D eigenvalue weighted by atomic mass is 16.4. The highest BCUT2D eigenvalue weighted by Gasteiger charge is 2.25. The summed E-state index contributed by atoms with van der Waals surface area (Å²) in [5, 5.41) is 9.10. The van der Waals surface area contributed by atoms with Gasteiger partial charge in [0.15, 0.2) is 0 Å². The van der Waals surface area contributed by atoms with Crippen LogP contribution in [-0.4, -0.2) is 29.1 Å². The molecule has 0 saturated carbocycles. The van der Waals surface area contributed by atoms with E-state index in [4.69, 9.17) is 5.11 Å². The van der Waals surface area contributed by atoms with E-state index in [0.29, 0.717) is 6.54 Å². The predicted molar refractivity (Wildman–Crippen MR) is 71.5 cm³/mol. The van der Waals surface area contributed by atoms with Crippen molar-refractivity contribution in [3.8, 4) is 0 Å². The third-order valence-electron chi connectivity index (χ3n) is 3.75. The number of nitrogens with zero attached hydrogens (tertiary/aromatic N) is 1. The number of carboxylic acids is 1. The molecule has 0 radical (unpaired) electrons. The van der Waals surface area contributed by atoms with Crippen molar-refractivity contribution in [3.05, 3.63) is 35.4 Å². The molecule has 1 saturated heterocycles. The Kier molecular flexibility index (Phi) is 4.37. The minimum Gasteiger partial charge on any atom is -0.481 e. The van der Waals surface area contributed by atoms with Crippen molar-refractivity contribution >= 4 is 5.97 Å². The highest BCUT2D eigenvalue weighted by molar-refractivity contribution is 5.70. The van der Waals surface area contributed by atoms with Crippen LogP contribution in [0.5, 0.6) is 0 Å². The van der Waals surface area contributed by atoms with E-state index in [0.717, 1.165) is 32.4 Å². The van der Waals surface area contributed by atoms with E-state index in [-0.39, 0.29) is 5.92 Å². The zero-order chi connectivity index (χ0) is 13.0. The minimum atomic E-state index is -0.650. The van der Waals surface area contributed by atoms with Gasteiger partial charge in [0.25, 0.3) is 0 Å². The van der Waals surface area contributed by atoms with Gasteiger partial charge in [0.1, 0.15) is 0 Å². The first-order chi connectivity index (χ1) is 8.70. The fourth-order valence-corrected chi connectivity index (χ4v) is 2.70. The summed E-state index contributed by atoms with van der Waals surface area (Å²) in [6, 6.07) is 8.45. The second-order valence-corrected chi connectivity index (χ2v) is 5.03. The molecule has 0 unspecified atom stereocenters. The van der Waals surface area contributed by atoms with Crippen LogP contribution in [0.15, 0.2) is 24.3 Å². The molecule has 0 aromatic heterocycles. The monoisotopic (exact) mass is 247 g/mol. The lowest BCUT2D eigenvalue weighted by molar-refractivity contribution is -0.143. The average molecular weight is 247 g/mol. The van der Waals surface area contributed by atoms with Gasteiger partial charge in [0.05, 0.1) is 5.92 Å². The predicted octanol–water partition coefficient (Wildman–Crippen LogP) is 2.55. The number of likely N-dealkylation sites (tertiary alicyclic amines) is 1. The molecular weight excluding hydrogens is 226 g/mol. The number of aliphatic carboxylic acids is 1. The Morgan fingerprint density at radius 1 is 1.39 bits per heavy atom. The molecule has 3 heteroatoms. The Balaban J connectivity index is 2.02. The normalized spacial score (nSPS) is 20.8. The van der Waals surface area contributed by atoms with Crippen molar-refractivity contribution in [1.82, 2.24) is 4.90 Å². The van der Waals surface area contributed by atoms with E-state index >= 15 is 0 Å².